The number of halogens is 1. The maximum Gasteiger partial charge on any atom is 0.307 e. The number of piperidine rings is 1. The molecule has 0 bridgehead atoms. The number of esters is 1. The number of anilines is 1. The first kappa shape index (κ1) is 14.3. The lowest BCUT2D eigenvalue weighted by Crippen LogP contribution is -2.41. The van der Waals surface area contributed by atoms with Gasteiger partial charge < -0.3 is 9.64 Å². The highest BCUT2D eigenvalue weighted by atomic mass is 19.1. The van der Waals surface area contributed by atoms with Crippen LogP contribution in [0.5, 0.6) is 0 Å². The molecule has 0 aromatic heterocycles. The number of nitriles is 1. The van der Waals surface area contributed by atoms with Gasteiger partial charge >= 0.3 is 5.97 Å². The molecule has 20 heavy (non-hydrogen) atoms. The Hall–Kier alpha value is -2.09. The zero-order chi connectivity index (χ0) is 14.5. The Bertz CT molecular complexity index is 539. The first-order valence-electron chi connectivity index (χ1n) is 6.69. The van der Waals surface area contributed by atoms with Crippen LogP contribution in [0.2, 0.25) is 0 Å². The maximum atomic E-state index is 13.2. The normalized spacial score (nSPS) is 18.4. The Morgan fingerprint density at radius 2 is 2.35 bits per heavy atom. The maximum absolute atomic E-state index is 13.2. The summed E-state index contributed by atoms with van der Waals surface area (Å²) in [6.07, 6.45) is 3.21. The quantitative estimate of drug-likeness (QED) is 0.796. The van der Waals surface area contributed by atoms with Crippen LogP contribution in [0, 0.1) is 17.1 Å². The van der Waals surface area contributed by atoms with Gasteiger partial charge in [0.1, 0.15) is 11.9 Å². The molecule has 1 unspecified atom stereocenters. The molecule has 1 aliphatic heterocycles. The molecule has 0 spiro atoms. The van der Waals surface area contributed by atoms with Gasteiger partial charge in [0.2, 0.25) is 0 Å². The average molecular weight is 276 g/mol. The molecule has 1 aliphatic rings. The highest BCUT2D eigenvalue weighted by molar-refractivity contribution is 5.71. The average Bonchev–Trinajstić information content (AvgIpc) is 2.47. The summed E-state index contributed by atoms with van der Waals surface area (Å²) in [6, 6.07) is 6.23. The Balaban J connectivity index is 2.28. The van der Waals surface area contributed by atoms with Crippen LogP contribution < -0.4 is 4.90 Å². The lowest BCUT2D eigenvalue weighted by molar-refractivity contribution is -0.141. The van der Waals surface area contributed by atoms with E-state index < -0.39 is 5.82 Å². The van der Waals surface area contributed by atoms with Crippen LogP contribution >= 0.6 is 0 Å². The van der Waals surface area contributed by atoms with Crippen molar-refractivity contribution in [2.45, 2.75) is 31.7 Å². The van der Waals surface area contributed by atoms with E-state index in [2.05, 4.69) is 0 Å². The van der Waals surface area contributed by atoms with Gasteiger partial charge in [-0.25, -0.2) is 4.39 Å². The second-order valence-electron chi connectivity index (χ2n) is 4.90. The number of hydrogen-bond donors (Lipinski definition) is 0. The van der Waals surface area contributed by atoms with E-state index in [1.807, 2.05) is 11.0 Å². The molecule has 1 saturated heterocycles. The molecule has 1 aromatic carbocycles. The number of benzene rings is 1. The molecular weight excluding hydrogens is 259 g/mol. The topological polar surface area (TPSA) is 53.3 Å². The highest BCUT2D eigenvalue weighted by Gasteiger charge is 2.27. The number of rotatable bonds is 3. The number of nitrogens with zero attached hydrogens (tertiary/aromatic N) is 2. The fourth-order valence-corrected chi connectivity index (χ4v) is 2.65. The molecule has 0 aliphatic carbocycles. The van der Waals surface area contributed by atoms with Crippen LogP contribution in [0.3, 0.4) is 0 Å². The SMILES string of the molecule is COC(=O)CC1CCCCN1c1ccc(F)cc1C#N. The molecule has 0 radical (unpaired) electrons. The predicted molar refractivity (Wildman–Crippen MR) is 72.7 cm³/mol. The van der Waals surface area contributed by atoms with Gasteiger partial charge in [-0.1, -0.05) is 0 Å². The summed E-state index contributed by atoms with van der Waals surface area (Å²) >= 11 is 0. The van der Waals surface area contributed by atoms with Crippen LogP contribution in [0.15, 0.2) is 18.2 Å². The van der Waals surface area contributed by atoms with Gasteiger partial charge in [0.15, 0.2) is 0 Å². The van der Waals surface area contributed by atoms with Gasteiger partial charge in [0.25, 0.3) is 0 Å². The van der Waals surface area contributed by atoms with Crippen molar-refractivity contribution in [2.75, 3.05) is 18.6 Å². The van der Waals surface area contributed by atoms with Crippen molar-refractivity contribution in [1.29, 1.82) is 5.26 Å². The molecule has 1 heterocycles. The largest absolute Gasteiger partial charge is 0.469 e. The van der Waals surface area contributed by atoms with E-state index in [9.17, 15) is 9.18 Å². The molecular formula is C15H17FN2O2. The first-order chi connectivity index (χ1) is 9.65. The summed E-state index contributed by atoms with van der Waals surface area (Å²) in [5.41, 5.74) is 1.00. The summed E-state index contributed by atoms with van der Waals surface area (Å²) in [5, 5.41) is 9.15. The second-order valence-corrected chi connectivity index (χ2v) is 4.90. The summed E-state index contributed by atoms with van der Waals surface area (Å²) in [6.45, 7) is 0.766. The van der Waals surface area contributed by atoms with Crippen molar-refractivity contribution < 1.29 is 13.9 Å². The lowest BCUT2D eigenvalue weighted by Gasteiger charge is -2.37. The summed E-state index contributed by atoms with van der Waals surface area (Å²) in [7, 11) is 1.37. The Kier molecular flexibility index (Phi) is 4.57. The minimum atomic E-state index is -0.424. The van der Waals surface area contributed by atoms with Crippen molar-refractivity contribution in [3.63, 3.8) is 0 Å². The monoisotopic (exact) mass is 276 g/mol. The van der Waals surface area contributed by atoms with Crippen LogP contribution in [-0.4, -0.2) is 25.7 Å². The molecule has 0 N–H and O–H groups in total. The minimum Gasteiger partial charge on any atom is -0.469 e. The van der Waals surface area contributed by atoms with E-state index in [1.165, 1.54) is 19.2 Å². The highest BCUT2D eigenvalue weighted by Crippen LogP contribution is 2.29. The molecule has 1 aromatic rings. The van der Waals surface area contributed by atoms with E-state index in [0.29, 0.717) is 17.7 Å². The third-order valence-corrected chi connectivity index (χ3v) is 3.65. The van der Waals surface area contributed by atoms with E-state index in [0.717, 1.165) is 25.8 Å². The molecule has 0 amide bonds. The number of hydrogen-bond acceptors (Lipinski definition) is 4. The van der Waals surface area contributed by atoms with Crippen molar-refractivity contribution in [1.82, 2.24) is 0 Å². The third kappa shape index (κ3) is 3.08. The predicted octanol–water partition coefficient (Wildman–Crippen LogP) is 2.62. The van der Waals surface area contributed by atoms with Gasteiger partial charge in [0, 0.05) is 12.6 Å². The van der Waals surface area contributed by atoms with Crippen LogP contribution in [0.25, 0.3) is 0 Å². The van der Waals surface area contributed by atoms with E-state index in [-0.39, 0.29) is 12.0 Å². The Morgan fingerprint density at radius 3 is 3.05 bits per heavy atom. The first-order valence-corrected chi connectivity index (χ1v) is 6.69. The van der Waals surface area contributed by atoms with E-state index in [4.69, 9.17) is 10.00 Å². The third-order valence-electron chi connectivity index (χ3n) is 3.65. The Labute approximate surface area is 117 Å². The van der Waals surface area contributed by atoms with E-state index >= 15 is 0 Å². The molecule has 1 fully saturated rings. The van der Waals surface area contributed by atoms with Crippen molar-refractivity contribution in [3.8, 4) is 6.07 Å². The van der Waals surface area contributed by atoms with Crippen molar-refractivity contribution in [3.05, 3.63) is 29.6 Å². The fourth-order valence-electron chi connectivity index (χ4n) is 2.65. The van der Waals surface area contributed by atoms with Crippen LogP contribution in [0.4, 0.5) is 10.1 Å². The molecule has 5 heteroatoms. The van der Waals surface area contributed by atoms with Gasteiger partial charge in [-0.3, -0.25) is 4.79 Å². The van der Waals surface area contributed by atoms with Gasteiger partial charge in [-0.2, -0.15) is 5.26 Å². The molecule has 2 rings (SSSR count). The summed E-state index contributed by atoms with van der Waals surface area (Å²) in [5.74, 6) is -0.686. The van der Waals surface area contributed by atoms with Gasteiger partial charge in [0.05, 0.1) is 24.8 Å². The molecule has 0 saturated carbocycles. The van der Waals surface area contributed by atoms with Gasteiger partial charge in [-0.15, -0.1) is 0 Å². The minimum absolute atomic E-state index is 0.00811. The zero-order valence-electron chi connectivity index (χ0n) is 11.4. The van der Waals surface area contributed by atoms with Crippen molar-refractivity contribution >= 4 is 11.7 Å². The molecule has 4 nitrogen and oxygen atoms in total. The molecule has 1 atom stereocenters. The van der Waals surface area contributed by atoms with Crippen LogP contribution in [0.1, 0.15) is 31.2 Å². The standard InChI is InChI=1S/C15H17FN2O2/c1-20-15(19)9-13-4-2-3-7-18(13)14-6-5-12(16)8-11(14)10-17/h5-6,8,13H,2-4,7,9H2,1H3. The molecule has 106 valence electrons. The number of ether oxygens (including phenoxy) is 1. The second kappa shape index (κ2) is 6.38. The van der Waals surface area contributed by atoms with Crippen LogP contribution in [-0.2, 0) is 9.53 Å². The van der Waals surface area contributed by atoms with Gasteiger partial charge in [-0.05, 0) is 37.5 Å². The lowest BCUT2D eigenvalue weighted by atomic mass is 9.97. The number of carbonyl (C=O) groups is 1. The fraction of sp³-hybridized carbons (Fsp3) is 0.467. The summed E-state index contributed by atoms with van der Waals surface area (Å²) < 4.78 is 17.9. The number of methoxy groups -OCH3 is 1. The van der Waals surface area contributed by atoms with E-state index in [1.54, 1.807) is 6.07 Å². The summed E-state index contributed by atoms with van der Waals surface area (Å²) in [4.78, 5) is 13.5. The smallest absolute Gasteiger partial charge is 0.307 e. The zero-order valence-corrected chi connectivity index (χ0v) is 11.4. The number of carbonyl (C=O) groups excluding carboxylic acids is 1. The van der Waals surface area contributed by atoms with Crippen molar-refractivity contribution in [2.24, 2.45) is 0 Å². The Morgan fingerprint density at radius 1 is 1.55 bits per heavy atom.